The lowest BCUT2D eigenvalue weighted by Crippen LogP contribution is -2.11. The molecule has 0 atom stereocenters. The number of ether oxygens (including phenoxy) is 1. The molecule has 84 valence electrons. The zero-order chi connectivity index (χ0) is 11.5. The van der Waals surface area contributed by atoms with E-state index in [1.165, 1.54) is 6.07 Å². The first kappa shape index (κ1) is 12.0. The van der Waals surface area contributed by atoms with Gasteiger partial charge in [-0.2, -0.15) is 0 Å². The number of halogens is 1. The van der Waals surface area contributed by atoms with Gasteiger partial charge in [0, 0.05) is 6.07 Å². The molecule has 1 aromatic carbocycles. The first-order valence-corrected chi connectivity index (χ1v) is 5.27. The SMILES string of the molecule is Cc1ccc(OCCC(C)(C)C)cc1F. The molecule has 0 aliphatic heterocycles. The topological polar surface area (TPSA) is 9.23 Å². The van der Waals surface area contributed by atoms with Crippen LogP contribution in [0.4, 0.5) is 4.39 Å². The van der Waals surface area contributed by atoms with Crippen LogP contribution in [0.2, 0.25) is 0 Å². The molecule has 1 aromatic rings. The number of aryl methyl sites for hydroxylation is 1. The third-order valence-corrected chi connectivity index (χ3v) is 2.26. The number of hydrogen-bond acceptors (Lipinski definition) is 1. The minimum atomic E-state index is -0.205. The Morgan fingerprint density at radius 2 is 1.93 bits per heavy atom. The van der Waals surface area contributed by atoms with Gasteiger partial charge in [0.2, 0.25) is 0 Å². The molecule has 0 aromatic heterocycles. The molecule has 0 fully saturated rings. The van der Waals surface area contributed by atoms with E-state index in [-0.39, 0.29) is 11.2 Å². The van der Waals surface area contributed by atoms with Gasteiger partial charge in [-0.05, 0) is 30.4 Å². The summed E-state index contributed by atoms with van der Waals surface area (Å²) in [5.74, 6) is 0.408. The second-order valence-electron chi connectivity index (χ2n) is 5.07. The molecule has 15 heavy (non-hydrogen) atoms. The van der Waals surface area contributed by atoms with E-state index < -0.39 is 0 Å². The van der Waals surface area contributed by atoms with Crippen molar-refractivity contribution in [2.24, 2.45) is 5.41 Å². The van der Waals surface area contributed by atoms with Crippen molar-refractivity contribution in [3.8, 4) is 5.75 Å². The van der Waals surface area contributed by atoms with Crippen LogP contribution in [0, 0.1) is 18.2 Å². The molecule has 0 aliphatic carbocycles. The van der Waals surface area contributed by atoms with Gasteiger partial charge in [0.1, 0.15) is 11.6 Å². The quantitative estimate of drug-likeness (QED) is 0.734. The zero-order valence-corrected chi connectivity index (χ0v) is 9.93. The molecule has 2 heteroatoms. The summed E-state index contributed by atoms with van der Waals surface area (Å²) in [6.45, 7) is 8.85. The summed E-state index contributed by atoms with van der Waals surface area (Å²) in [6, 6.07) is 4.99. The summed E-state index contributed by atoms with van der Waals surface area (Å²) in [5.41, 5.74) is 0.904. The third kappa shape index (κ3) is 4.32. The highest BCUT2D eigenvalue weighted by Gasteiger charge is 2.10. The van der Waals surface area contributed by atoms with Crippen molar-refractivity contribution >= 4 is 0 Å². The predicted octanol–water partition coefficient (Wildman–Crippen LogP) is 3.95. The molecule has 0 radical (unpaired) electrons. The molecule has 0 N–H and O–H groups in total. The van der Waals surface area contributed by atoms with Crippen molar-refractivity contribution in [1.82, 2.24) is 0 Å². The molecule has 0 bridgehead atoms. The minimum absolute atomic E-state index is 0.205. The van der Waals surface area contributed by atoms with Crippen molar-refractivity contribution in [3.05, 3.63) is 29.6 Å². The molecule has 1 rings (SSSR count). The van der Waals surface area contributed by atoms with E-state index in [0.717, 1.165) is 6.42 Å². The van der Waals surface area contributed by atoms with Gasteiger partial charge in [-0.3, -0.25) is 0 Å². The number of benzene rings is 1. The summed E-state index contributed by atoms with van der Waals surface area (Å²) in [7, 11) is 0. The molecule has 1 nitrogen and oxygen atoms in total. The highest BCUT2D eigenvalue weighted by molar-refractivity contribution is 5.27. The van der Waals surface area contributed by atoms with E-state index in [4.69, 9.17) is 4.74 Å². The van der Waals surface area contributed by atoms with E-state index in [1.807, 2.05) is 0 Å². The standard InChI is InChI=1S/C13H19FO/c1-10-5-6-11(9-12(10)14)15-8-7-13(2,3)4/h5-6,9H,7-8H2,1-4H3. The van der Waals surface area contributed by atoms with Gasteiger partial charge in [-0.1, -0.05) is 26.8 Å². The van der Waals surface area contributed by atoms with Crippen LogP contribution >= 0.6 is 0 Å². The fraction of sp³-hybridized carbons (Fsp3) is 0.538. The Morgan fingerprint density at radius 3 is 2.47 bits per heavy atom. The molecule has 0 heterocycles. The summed E-state index contributed by atoms with van der Waals surface area (Å²) < 4.78 is 18.6. The average molecular weight is 210 g/mol. The van der Waals surface area contributed by atoms with Crippen LogP contribution in [-0.4, -0.2) is 6.61 Å². The van der Waals surface area contributed by atoms with E-state index >= 15 is 0 Å². The lowest BCUT2D eigenvalue weighted by molar-refractivity contribution is 0.242. The molecular formula is C13H19FO. The van der Waals surface area contributed by atoms with Crippen molar-refractivity contribution in [2.75, 3.05) is 6.61 Å². The Labute approximate surface area is 91.3 Å². The monoisotopic (exact) mass is 210 g/mol. The van der Waals surface area contributed by atoms with E-state index in [0.29, 0.717) is 17.9 Å². The Hall–Kier alpha value is -1.05. The van der Waals surface area contributed by atoms with Gasteiger partial charge in [0.15, 0.2) is 0 Å². The Morgan fingerprint density at radius 1 is 1.27 bits per heavy atom. The van der Waals surface area contributed by atoms with E-state index in [9.17, 15) is 4.39 Å². The van der Waals surface area contributed by atoms with Gasteiger partial charge < -0.3 is 4.74 Å². The highest BCUT2D eigenvalue weighted by Crippen LogP contribution is 2.20. The van der Waals surface area contributed by atoms with Crippen molar-refractivity contribution in [3.63, 3.8) is 0 Å². The van der Waals surface area contributed by atoms with Crippen LogP contribution in [0.5, 0.6) is 5.75 Å². The van der Waals surface area contributed by atoms with Crippen LogP contribution in [0.25, 0.3) is 0 Å². The fourth-order valence-electron chi connectivity index (χ4n) is 1.14. The van der Waals surface area contributed by atoms with Gasteiger partial charge >= 0.3 is 0 Å². The van der Waals surface area contributed by atoms with Gasteiger partial charge in [-0.15, -0.1) is 0 Å². The van der Waals surface area contributed by atoms with E-state index in [1.54, 1.807) is 19.1 Å². The second kappa shape index (κ2) is 4.65. The summed E-state index contributed by atoms with van der Waals surface area (Å²) >= 11 is 0. The normalized spacial score (nSPS) is 11.5. The van der Waals surface area contributed by atoms with Gasteiger partial charge in [0.05, 0.1) is 6.61 Å². The molecule has 0 aliphatic rings. The van der Waals surface area contributed by atoms with Crippen molar-refractivity contribution < 1.29 is 9.13 Å². The maximum absolute atomic E-state index is 13.2. The Bertz CT molecular complexity index is 326. The Balaban J connectivity index is 2.48. The molecular weight excluding hydrogens is 191 g/mol. The molecule has 0 saturated carbocycles. The van der Waals surface area contributed by atoms with E-state index in [2.05, 4.69) is 20.8 Å². The summed E-state index contributed by atoms with van der Waals surface area (Å²) in [6.07, 6.45) is 0.961. The van der Waals surface area contributed by atoms with Gasteiger partial charge in [-0.25, -0.2) is 4.39 Å². The van der Waals surface area contributed by atoms with Crippen molar-refractivity contribution in [2.45, 2.75) is 34.1 Å². The summed E-state index contributed by atoms with van der Waals surface area (Å²) in [5, 5.41) is 0. The first-order chi connectivity index (χ1) is 6.88. The maximum atomic E-state index is 13.2. The minimum Gasteiger partial charge on any atom is -0.493 e. The van der Waals surface area contributed by atoms with Gasteiger partial charge in [0.25, 0.3) is 0 Å². The maximum Gasteiger partial charge on any atom is 0.129 e. The molecule has 0 amide bonds. The third-order valence-electron chi connectivity index (χ3n) is 2.26. The lowest BCUT2D eigenvalue weighted by Gasteiger charge is -2.18. The molecule has 0 unspecified atom stereocenters. The second-order valence-corrected chi connectivity index (χ2v) is 5.07. The predicted molar refractivity (Wildman–Crippen MR) is 60.7 cm³/mol. The Kier molecular flexibility index (Phi) is 3.72. The average Bonchev–Trinajstić information content (AvgIpc) is 2.09. The molecule has 0 spiro atoms. The van der Waals surface area contributed by atoms with Crippen molar-refractivity contribution in [1.29, 1.82) is 0 Å². The van der Waals surface area contributed by atoms with Crippen LogP contribution in [0.15, 0.2) is 18.2 Å². The van der Waals surface area contributed by atoms with Crippen LogP contribution in [-0.2, 0) is 0 Å². The fourth-order valence-corrected chi connectivity index (χ4v) is 1.14. The largest absolute Gasteiger partial charge is 0.493 e. The highest BCUT2D eigenvalue weighted by atomic mass is 19.1. The number of rotatable bonds is 3. The van der Waals surface area contributed by atoms with Crippen LogP contribution in [0.3, 0.4) is 0 Å². The lowest BCUT2D eigenvalue weighted by atomic mass is 9.93. The van der Waals surface area contributed by atoms with Crippen LogP contribution in [0.1, 0.15) is 32.8 Å². The van der Waals surface area contributed by atoms with Crippen LogP contribution < -0.4 is 4.74 Å². The molecule has 0 saturated heterocycles. The summed E-state index contributed by atoms with van der Waals surface area (Å²) in [4.78, 5) is 0. The number of hydrogen-bond donors (Lipinski definition) is 0. The zero-order valence-electron chi connectivity index (χ0n) is 9.93. The first-order valence-electron chi connectivity index (χ1n) is 5.27. The smallest absolute Gasteiger partial charge is 0.129 e.